The van der Waals surface area contributed by atoms with Crippen LogP contribution in [0.5, 0.6) is 0 Å². The third kappa shape index (κ3) is 6.81. The Hall–Kier alpha value is -0.660. The second-order valence-electron chi connectivity index (χ2n) is 3.86. The summed E-state index contributed by atoms with van der Waals surface area (Å²) in [6.07, 6.45) is 7.32. The number of hydrogen-bond acceptors (Lipinski definition) is 2. The van der Waals surface area contributed by atoms with Gasteiger partial charge in [0.25, 0.3) is 0 Å². The molecule has 2 heteroatoms. The van der Waals surface area contributed by atoms with E-state index in [9.17, 15) is 9.59 Å². The minimum Gasteiger partial charge on any atom is -0.303 e. The SMILES string of the molecule is CCCCCCC(=O)CC(C=O)CC. The average Bonchev–Trinajstić information content (AvgIpc) is 2.21. The molecule has 82 valence electrons. The Balaban J connectivity index is 3.49. The van der Waals surface area contributed by atoms with Crippen LogP contribution in [0.1, 0.15) is 58.8 Å². The van der Waals surface area contributed by atoms with Crippen LogP contribution in [0.15, 0.2) is 0 Å². The molecule has 0 saturated heterocycles. The number of ketones is 1. The normalized spacial score (nSPS) is 12.4. The molecule has 2 nitrogen and oxygen atoms in total. The number of rotatable bonds is 9. The second kappa shape index (κ2) is 8.92. The molecule has 0 radical (unpaired) electrons. The zero-order chi connectivity index (χ0) is 10.8. The summed E-state index contributed by atoms with van der Waals surface area (Å²) in [5, 5.41) is 0. The van der Waals surface area contributed by atoms with E-state index < -0.39 is 0 Å². The van der Waals surface area contributed by atoms with Gasteiger partial charge in [0.2, 0.25) is 0 Å². The van der Waals surface area contributed by atoms with E-state index in [-0.39, 0.29) is 11.7 Å². The smallest absolute Gasteiger partial charge is 0.133 e. The van der Waals surface area contributed by atoms with Crippen LogP contribution in [0.25, 0.3) is 0 Å². The predicted octanol–water partition coefficient (Wildman–Crippen LogP) is 3.14. The summed E-state index contributed by atoms with van der Waals surface area (Å²) in [7, 11) is 0. The Labute approximate surface area is 87.1 Å². The first kappa shape index (κ1) is 13.3. The van der Waals surface area contributed by atoms with Crippen molar-refractivity contribution in [2.45, 2.75) is 58.8 Å². The van der Waals surface area contributed by atoms with E-state index in [1.54, 1.807) is 0 Å². The standard InChI is InChI=1S/C12H22O2/c1-3-5-6-7-8-12(14)9-11(4-2)10-13/h10-11H,3-9H2,1-2H3. The molecule has 0 heterocycles. The maximum Gasteiger partial charge on any atom is 0.133 e. The number of aldehydes is 1. The molecule has 0 aromatic heterocycles. The Morgan fingerprint density at radius 2 is 1.93 bits per heavy atom. The molecule has 1 unspecified atom stereocenters. The van der Waals surface area contributed by atoms with Crippen molar-refractivity contribution in [3.8, 4) is 0 Å². The molecular formula is C12H22O2. The van der Waals surface area contributed by atoms with Gasteiger partial charge in [0, 0.05) is 18.8 Å². The molecule has 0 aromatic rings. The maximum absolute atomic E-state index is 11.4. The highest BCUT2D eigenvalue weighted by Crippen LogP contribution is 2.10. The molecule has 0 fully saturated rings. The summed E-state index contributed by atoms with van der Waals surface area (Å²) < 4.78 is 0. The zero-order valence-corrected chi connectivity index (χ0v) is 9.42. The van der Waals surface area contributed by atoms with Gasteiger partial charge in [-0.15, -0.1) is 0 Å². The van der Waals surface area contributed by atoms with Gasteiger partial charge in [-0.1, -0.05) is 33.1 Å². The Kier molecular flexibility index (Phi) is 8.50. The molecule has 0 bridgehead atoms. The lowest BCUT2D eigenvalue weighted by molar-refractivity contribution is -0.122. The van der Waals surface area contributed by atoms with Gasteiger partial charge in [0.1, 0.15) is 12.1 Å². The molecule has 0 N–H and O–H groups in total. The van der Waals surface area contributed by atoms with E-state index in [4.69, 9.17) is 0 Å². The fraction of sp³-hybridized carbons (Fsp3) is 0.833. The molecule has 0 amide bonds. The second-order valence-corrected chi connectivity index (χ2v) is 3.86. The average molecular weight is 198 g/mol. The molecule has 0 rings (SSSR count). The van der Waals surface area contributed by atoms with Gasteiger partial charge >= 0.3 is 0 Å². The quantitative estimate of drug-likeness (QED) is 0.421. The Bertz CT molecular complexity index is 164. The third-order valence-electron chi connectivity index (χ3n) is 2.52. The van der Waals surface area contributed by atoms with Crippen LogP contribution in [0.3, 0.4) is 0 Å². The number of Topliss-reactive ketones (excluding diaryl/α,β-unsaturated/α-hetero) is 1. The first-order valence-corrected chi connectivity index (χ1v) is 5.71. The van der Waals surface area contributed by atoms with Gasteiger partial charge in [0.15, 0.2) is 0 Å². The lowest BCUT2D eigenvalue weighted by atomic mass is 9.98. The van der Waals surface area contributed by atoms with Crippen LogP contribution < -0.4 is 0 Å². The highest BCUT2D eigenvalue weighted by molar-refractivity contribution is 5.81. The highest BCUT2D eigenvalue weighted by Gasteiger charge is 2.10. The van der Waals surface area contributed by atoms with E-state index >= 15 is 0 Å². The Morgan fingerprint density at radius 1 is 1.21 bits per heavy atom. The number of carbonyl (C=O) groups excluding carboxylic acids is 2. The van der Waals surface area contributed by atoms with Gasteiger partial charge in [-0.3, -0.25) is 4.79 Å². The van der Waals surface area contributed by atoms with Crippen molar-refractivity contribution in [1.29, 1.82) is 0 Å². The molecular weight excluding hydrogens is 176 g/mol. The molecule has 0 aliphatic rings. The summed E-state index contributed by atoms with van der Waals surface area (Å²) in [5.74, 6) is 0.203. The molecule has 0 aliphatic heterocycles. The molecule has 0 aromatic carbocycles. The van der Waals surface area contributed by atoms with E-state index in [0.717, 1.165) is 25.5 Å². The minimum absolute atomic E-state index is 0.0475. The van der Waals surface area contributed by atoms with Crippen molar-refractivity contribution in [2.75, 3.05) is 0 Å². The van der Waals surface area contributed by atoms with Crippen molar-refractivity contribution < 1.29 is 9.59 Å². The van der Waals surface area contributed by atoms with Crippen LogP contribution in [-0.4, -0.2) is 12.1 Å². The topological polar surface area (TPSA) is 34.1 Å². The lowest BCUT2D eigenvalue weighted by Crippen LogP contribution is -2.08. The maximum atomic E-state index is 11.4. The van der Waals surface area contributed by atoms with Crippen LogP contribution in [0.2, 0.25) is 0 Å². The summed E-state index contributed by atoms with van der Waals surface area (Å²) in [6, 6.07) is 0. The molecule has 0 aliphatic carbocycles. The first-order valence-electron chi connectivity index (χ1n) is 5.71. The number of carbonyl (C=O) groups is 2. The summed E-state index contributed by atoms with van der Waals surface area (Å²) >= 11 is 0. The fourth-order valence-electron chi connectivity index (χ4n) is 1.43. The van der Waals surface area contributed by atoms with Crippen molar-refractivity contribution in [3.05, 3.63) is 0 Å². The molecule has 14 heavy (non-hydrogen) atoms. The van der Waals surface area contributed by atoms with Gasteiger partial charge < -0.3 is 4.79 Å². The molecule has 1 atom stereocenters. The number of hydrogen-bond donors (Lipinski definition) is 0. The lowest BCUT2D eigenvalue weighted by Gasteiger charge is -2.05. The van der Waals surface area contributed by atoms with Crippen molar-refractivity contribution in [1.82, 2.24) is 0 Å². The fourth-order valence-corrected chi connectivity index (χ4v) is 1.43. The summed E-state index contributed by atoms with van der Waals surface area (Å²) in [5.41, 5.74) is 0. The van der Waals surface area contributed by atoms with Crippen LogP contribution in [-0.2, 0) is 9.59 Å². The van der Waals surface area contributed by atoms with Crippen LogP contribution >= 0.6 is 0 Å². The Morgan fingerprint density at radius 3 is 2.43 bits per heavy atom. The molecule has 0 spiro atoms. The van der Waals surface area contributed by atoms with Crippen LogP contribution in [0, 0.1) is 5.92 Å². The monoisotopic (exact) mass is 198 g/mol. The number of unbranched alkanes of at least 4 members (excludes halogenated alkanes) is 3. The van der Waals surface area contributed by atoms with E-state index in [0.29, 0.717) is 12.8 Å². The largest absolute Gasteiger partial charge is 0.303 e. The van der Waals surface area contributed by atoms with Gasteiger partial charge in [-0.2, -0.15) is 0 Å². The van der Waals surface area contributed by atoms with Gasteiger partial charge in [-0.05, 0) is 12.8 Å². The first-order chi connectivity index (χ1) is 6.74. The van der Waals surface area contributed by atoms with E-state index in [1.807, 2.05) is 6.92 Å². The van der Waals surface area contributed by atoms with Gasteiger partial charge in [-0.25, -0.2) is 0 Å². The van der Waals surface area contributed by atoms with Crippen molar-refractivity contribution in [2.24, 2.45) is 5.92 Å². The van der Waals surface area contributed by atoms with Gasteiger partial charge in [0.05, 0.1) is 0 Å². The molecule has 0 saturated carbocycles. The van der Waals surface area contributed by atoms with Crippen molar-refractivity contribution in [3.63, 3.8) is 0 Å². The third-order valence-corrected chi connectivity index (χ3v) is 2.52. The van der Waals surface area contributed by atoms with Crippen molar-refractivity contribution >= 4 is 12.1 Å². The van der Waals surface area contributed by atoms with E-state index in [2.05, 4.69) is 6.92 Å². The summed E-state index contributed by atoms with van der Waals surface area (Å²) in [6.45, 7) is 4.10. The predicted molar refractivity (Wildman–Crippen MR) is 58.2 cm³/mol. The summed E-state index contributed by atoms with van der Waals surface area (Å²) in [4.78, 5) is 21.9. The highest BCUT2D eigenvalue weighted by atomic mass is 16.1. The van der Waals surface area contributed by atoms with E-state index in [1.165, 1.54) is 12.8 Å². The minimum atomic E-state index is -0.0475. The van der Waals surface area contributed by atoms with Crippen LogP contribution in [0.4, 0.5) is 0 Å². The zero-order valence-electron chi connectivity index (χ0n) is 9.42.